The predicted octanol–water partition coefficient (Wildman–Crippen LogP) is 2.84. The number of carbonyl (C=O) groups is 1. The van der Waals surface area contributed by atoms with E-state index in [0.29, 0.717) is 0 Å². The average Bonchev–Trinajstić information content (AvgIpc) is 2.38. The highest BCUT2D eigenvalue weighted by molar-refractivity contribution is 5.72. The molecule has 20 heavy (non-hydrogen) atoms. The Balaban J connectivity index is 2.78. The minimum atomic E-state index is -4.57. The third-order valence-corrected chi connectivity index (χ3v) is 2.04. The van der Waals surface area contributed by atoms with Crippen LogP contribution in [0, 0.1) is 11.8 Å². The molecule has 7 heteroatoms. The molecular weight excluding hydrogens is 280 g/mol. The first-order valence-electron chi connectivity index (χ1n) is 5.36. The van der Waals surface area contributed by atoms with E-state index in [2.05, 4.69) is 21.3 Å². The van der Waals surface area contributed by atoms with E-state index in [1.807, 2.05) is 0 Å². The van der Waals surface area contributed by atoms with E-state index in [1.165, 1.54) is 19.2 Å². The van der Waals surface area contributed by atoms with Gasteiger partial charge in [0.15, 0.2) is 0 Å². The molecule has 0 unspecified atom stereocenters. The number of hydrogen-bond acceptors (Lipinski definition) is 3. The van der Waals surface area contributed by atoms with Crippen molar-refractivity contribution in [1.82, 2.24) is 0 Å². The summed E-state index contributed by atoms with van der Waals surface area (Å²) in [6.45, 7) is 0. The Morgan fingerprint density at radius 1 is 1.40 bits per heavy atom. The maximum Gasteiger partial charge on any atom is 0.461 e. The molecule has 0 aromatic heterocycles. The number of rotatable bonds is 4. The van der Waals surface area contributed by atoms with E-state index in [1.54, 1.807) is 0 Å². The fourth-order valence-electron chi connectivity index (χ4n) is 1.13. The summed E-state index contributed by atoms with van der Waals surface area (Å²) < 4.78 is 57.6. The number of alkyl halides is 4. The van der Waals surface area contributed by atoms with Crippen LogP contribution in [0.2, 0.25) is 0 Å². The molecule has 0 atom stereocenters. The minimum Gasteiger partial charge on any atom is -0.468 e. The van der Waals surface area contributed by atoms with Gasteiger partial charge < -0.3 is 9.47 Å². The van der Waals surface area contributed by atoms with Crippen LogP contribution in [0.3, 0.4) is 0 Å². The van der Waals surface area contributed by atoms with Crippen molar-refractivity contribution >= 4 is 5.97 Å². The maximum absolute atomic E-state index is 12.7. The Bertz CT molecular complexity index is 532. The van der Waals surface area contributed by atoms with E-state index in [-0.39, 0.29) is 12.0 Å². The van der Waals surface area contributed by atoms with Gasteiger partial charge in [0.2, 0.25) is 0 Å². The van der Waals surface area contributed by atoms with Gasteiger partial charge in [-0.3, -0.25) is 4.79 Å². The van der Waals surface area contributed by atoms with Crippen LogP contribution >= 0.6 is 0 Å². The lowest BCUT2D eigenvalue weighted by molar-refractivity contribution is -0.253. The second-order valence-electron chi connectivity index (χ2n) is 3.55. The molecule has 108 valence electrons. The molecule has 0 bridgehead atoms. The zero-order chi connectivity index (χ0) is 15.2. The summed E-state index contributed by atoms with van der Waals surface area (Å²) in [7, 11) is 1.20. The van der Waals surface area contributed by atoms with Gasteiger partial charge in [-0.15, -0.1) is 0 Å². The fourth-order valence-corrected chi connectivity index (χ4v) is 1.13. The molecule has 0 aliphatic carbocycles. The lowest BCUT2D eigenvalue weighted by Gasteiger charge is -2.16. The van der Waals surface area contributed by atoms with Crippen LogP contribution in [0.5, 0.6) is 5.75 Å². The zero-order valence-corrected chi connectivity index (χ0v) is 10.3. The molecule has 0 aliphatic rings. The number of carbonyl (C=O) groups excluding carboxylic acids is 1. The van der Waals surface area contributed by atoms with Crippen LogP contribution in [0.1, 0.15) is 12.0 Å². The van der Waals surface area contributed by atoms with E-state index in [4.69, 9.17) is 0 Å². The minimum absolute atomic E-state index is 0.172. The molecule has 0 radical (unpaired) electrons. The second-order valence-corrected chi connectivity index (χ2v) is 3.55. The standard InChI is InChI=1S/C13H10F4O3/c1-19-11(18)7-3-5-9-4-2-6-10(8-9)20-13(16,17)12(14)15/h2,4,6,8,12H,7H2,1H3. The third kappa shape index (κ3) is 4.80. The van der Waals surface area contributed by atoms with Gasteiger partial charge in [-0.05, 0) is 18.2 Å². The summed E-state index contributed by atoms with van der Waals surface area (Å²) in [4.78, 5) is 10.8. The van der Waals surface area contributed by atoms with Gasteiger partial charge in [0.25, 0.3) is 0 Å². The van der Waals surface area contributed by atoms with Crippen molar-refractivity contribution in [3.8, 4) is 17.6 Å². The molecule has 0 N–H and O–H groups in total. The number of halogens is 4. The fraction of sp³-hybridized carbons (Fsp3) is 0.308. The summed E-state index contributed by atoms with van der Waals surface area (Å²) in [5, 5.41) is 0. The van der Waals surface area contributed by atoms with Crippen LogP contribution in [0.25, 0.3) is 0 Å². The van der Waals surface area contributed by atoms with Crippen molar-refractivity contribution < 1.29 is 31.8 Å². The van der Waals surface area contributed by atoms with Gasteiger partial charge in [0.1, 0.15) is 12.2 Å². The van der Waals surface area contributed by atoms with Crippen LogP contribution in [-0.4, -0.2) is 25.6 Å². The lowest BCUT2D eigenvalue weighted by atomic mass is 10.2. The average molecular weight is 290 g/mol. The number of benzene rings is 1. The maximum atomic E-state index is 12.7. The lowest BCUT2D eigenvalue weighted by Crippen LogP contribution is -2.33. The highest BCUT2D eigenvalue weighted by atomic mass is 19.3. The number of esters is 1. The first kappa shape index (κ1) is 15.8. The summed E-state index contributed by atoms with van der Waals surface area (Å²) >= 11 is 0. The van der Waals surface area contributed by atoms with E-state index >= 15 is 0 Å². The van der Waals surface area contributed by atoms with Gasteiger partial charge in [0, 0.05) is 5.56 Å². The Morgan fingerprint density at radius 2 is 2.10 bits per heavy atom. The van der Waals surface area contributed by atoms with Crippen LogP contribution < -0.4 is 4.74 Å². The smallest absolute Gasteiger partial charge is 0.461 e. The molecule has 0 aliphatic heterocycles. The first-order chi connectivity index (χ1) is 9.35. The molecule has 0 saturated heterocycles. The van der Waals surface area contributed by atoms with Crippen LogP contribution in [0.4, 0.5) is 17.6 Å². The van der Waals surface area contributed by atoms with Crippen molar-refractivity contribution in [1.29, 1.82) is 0 Å². The summed E-state index contributed by atoms with van der Waals surface area (Å²) in [6.07, 6.45) is -8.68. The van der Waals surface area contributed by atoms with Gasteiger partial charge in [-0.25, -0.2) is 0 Å². The molecule has 3 nitrogen and oxygen atoms in total. The van der Waals surface area contributed by atoms with E-state index in [9.17, 15) is 22.4 Å². The molecular formula is C13H10F4O3. The third-order valence-electron chi connectivity index (χ3n) is 2.04. The van der Waals surface area contributed by atoms with Crippen LogP contribution in [0.15, 0.2) is 24.3 Å². The topological polar surface area (TPSA) is 35.5 Å². The quantitative estimate of drug-likeness (QED) is 0.486. The van der Waals surface area contributed by atoms with Gasteiger partial charge in [0.05, 0.1) is 7.11 Å². The zero-order valence-electron chi connectivity index (χ0n) is 10.3. The molecule has 1 aromatic rings. The van der Waals surface area contributed by atoms with Gasteiger partial charge >= 0.3 is 18.5 Å². The summed E-state index contributed by atoms with van der Waals surface area (Å²) in [5.74, 6) is 3.96. The molecule has 0 fully saturated rings. The Kier molecular flexibility index (Phi) is 5.38. The normalized spacial score (nSPS) is 10.7. The Morgan fingerprint density at radius 3 is 2.70 bits per heavy atom. The highest BCUT2D eigenvalue weighted by Gasteiger charge is 2.43. The molecule has 0 spiro atoms. The monoisotopic (exact) mass is 290 g/mol. The van der Waals surface area contributed by atoms with E-state index < -0.39 is 24.3 Å². The van der Waals surface area contributed by atoms with Crippen molar-refractivity contribution in [3.63, 3.8) is 0 Å². The Labute approximate surface area is 112 Å². The summed E-state index contributed by atoms with van der Waals surface area (Å²) in [6, 6.07) is 4.94. The van der Waals surface area contributed by atoms with Crippen molar-refractivity contribution in [2.45, 2.75) is 19.0 Å². The number of hydrogen-bond donors (Lipinski definition) is 0. The molecule has 1 rings (SSSR count). The predicted molar refractivity (Wildman–Crippen MR) is 61.5 cm³/mol. The summed E-state index contributed by atoms with van der Waals surface area (Å²) in [5.41, 5.74) is 0.247. The van der Waals surface area contributed by atoms with Crippen molar-refractivity contribution in [2.24, 2.45) is 0 Å². The van der Waals surface area contributed by atoms with Gasteiger partial charge in [-0.1, -0.05) is 17.9 Å². The largest absolute Gasteiger partial charge is 0.468 e. The highest BCUT2D eigenvalue weighted by Crippen LogP contribution is 2.27. The SMILES string of the molecule is COC(=O)CC#Cc1cccc(OC(F)(F)C(F)F)c1. The molecule has 1 aromatic carbocycles. The number of methoxy groups -OCH3 is 1. The first-order valence-corrected chi connectivity index (χ1v) is 5.36. The molecule has 0 amide bonds. The van der Waals surface area contributed by atoms with Crippen molar-refractivity contribution in [3.05, 3.63) is 29.8 Å². The molecule has 0 heterocycles. The number of ether oxygens (including phenoxy) is 2. The molecule has 0 saturated carbocycles. The second kappa shape index (κ2) is 6.80. The van der Waals surface area contributed by atoms with Crippen LogP contribution in [-0.2, 0) is 9.53 Å². The van der Waals surface area contributed by atoms with E-state index in [0.717, 1.165) is 12.1 Å². The van der Waals surface area contributed by atoms with Gasteiger partial charge in [-0.2, -0.15) is 17.6 Å². The van der Waals surface area contributed by atoms with Crippen molar-refractivity contribution in [2.75, 3.05) is 7.11 Å². The Hall–Kier alpha value is -2.23.